The van der Waals surface area contributed by atoms with Gasteiger partial charge in [-0.05, 0) is 24.5 Å². The molecule has 10 heteroatoms. The number of aliphatic imine (C=N–C) groups is 1. The predicted octanol–water partition coefficient (Wildman–Crippen LogP) is 2.15. The Balaban J connectivity index is 1.82. The number of rotatable bonds is 9. The number of benzene rings is 2. The number of nitro groups is 1. The van der Waals surface area contributed by atoms with Crippen LogP contribution in [-0.2, 0) is 10.0 Å². The van der Waals surface area contributed by atoms with Crippen LogP contribution in [0.25, 0.3) is 0 Å². The van der Waals surface area contributed by atoms with Crippen LogP contribution in [0.3, 0.4) is 0 Å². The maximum absolute atomic E-state index is 12.3. The SMILES string of the molecule is CN=C(NCCNS(=O)(=O)c1cccc([N+](=O)[O-])c1)NCC(C)c1cccc(C)c1. The fourth-order valence-electron chi connectivity index (χ4n) is 2.78. The third-order valence-electron chi connectivity index (χ3n) is 4.46. The summed E-state index contributed by atoms with van der Waals surface area (Å²) >= 11 is 0. The lowest BCUT2D eigenvalue weighted by Gasteiger charge is -2.17. The van der Waals surface area contributed by atoms with E-state index in [4.69, 9.17) is 0 Å². The van der Waals surface area contributed by atoms with E-state index in [1.807, 2.05) is 6.07 Å². The monoisotopic (exact) mass is 433 g/mol. The summed E-state index contributed by atoms with van der Waals surface area (Å²) in [5.41, 5.74) is 2.16. The summed E-state index contributed by atoms with van der Waals surface area (Å²) in [5.74, 6) is 0.833. The van der Waals surface area contributed by atoms with Crippen molar-refractivity contribution >= 4 is 21.7 Å². The number of non-ortho nitro benzene ring substituents is 1. The normalized spacial score (nSPS) is 13.0. The zero-order valence-electron chi connectivity index (χ0n) is 17.3. The van der Waals surface area contributed by atoms with Gasteiger partial charge >= 0.3 is 0 Å². The van der Waals surface area contributed by atoms with Crippen molar-refractivity contribution in [2.24, 2.45) is 4.99 Å². The van der Waals surface area contributed by atoms with E-state index in [0.29, 0.717) is 19.0 Å². The van der Waals surface area contributed by atoms with Crippen LogP contribution in [0.4, 0.5) is 5.69 Å². The van der Waals surface area contributed by atoms with Gasteiger partial charge in [0.25, 0.3) is 5.69 Å². The molecule has 0 aliphatic heterocycles. The maximum atomic E-state index is 12.3. The van der Waals surface area contributed by atoms with Crippen LogP contribution in [0, 0.1) is 17.0 Å². The molecule has 9 nitrogen and oxygen atoms in total. The fourth-order valence-corrected chi connectivity index (χ4v) is 3.85. The Hall–Kier alpha value is -2.98. The van der Waals surface area contributed by atoms with E-state index >= 15 is 0 Å². The van der Waals surface area contributed by atoms with Crippen molar-refractivity contribution in [3.8, 4) is 0 Å². The Bertz CT molecular complexity index is 1010. The lowest BCUT2D eigenvalue weighted by molar-refractivity contribution is -0.385. The first kappa shape index (κ1) is 23.3. The van der Waals surface area contributed by atoms with E-state index in [9.17, 15) is 18.5 Å². The van der Waals surface area contributed by atoms with Gasteiger partial charge in [0.05, 0.1) is 9.82 Å². The second-order valence-electron chi connectivity index (χ2n) is 6.85. The Morgan fingerprint density at radius 1 is 1.13 bits per heavy atom. The number of nitrogens with one attached hydrogen (secondary N) is 3. The van der Waals surface area contributed by atoms with E-state index < -0.39 is 14.9 Å². The highest BCUT2D eigenvalue weighted by atomic mass is 32.2. The number of sulfonamides is 1. The molecule has 3 N–H and O–H groups in total. The van der Waals surface area contributed by atoms with Crippen molar-refractivity contribution in [1.29, 1.82) is 0 Å². The maximum Gasteiger partial charge on any atom is 0.270 e. The molecule has 0 amide bonds. The van der Waals surface area contributed by atoms with Crippen molar-refractivity contribution in [2.75, 3.05) is 26.7 Å². The number of hydrogen-bond donors (Lipinski definition) is 3. The Morgan fingerprint density at radius 2 is 1.87 bits per heavy atom. The van der Waals surface area contributed by atoms with Crippen molar-refractivity contribution in [3.05, 3.63) is 69.8 Å². The molecule has 1 atom stereocenters. The van der Waals surface area contributed by atoms with E-state index in [-0.39, 0.29) is 23.0 Å². The summed E-state index contributed by atoms with van der Waals surface area (Å²) in [4.78, 5) is 14.2. The molecular formula is C20H27N5O4S. The predicted molar refractivity (Wildman–Crippen MR) is 117 cm³/mol. The zero-order chi connectivity index (χ0) is 22.1. The summed E-state index contributed by atoms with van der Waals surface area (Å²) in [6.45, 7) is 5.23. The number of nitro benzene ring substituents is 1. The van der Waals surface area contributed by atoms with Crippen LogP contribution in [0.5, 0.6) is 0 Å². The van der Waals surface area contributed by atoms with Crippen LogP contribution < -0.4 is 15.4 Å². The number of aryl methyl sites for hydroxylation is 1. The van der Waals surface area contributed by atoms with E-state index in [1.54, 1.807) is 7.05 Å². The Morgan fingerprint density at radius 3 is 2.53 bits per heavy atom. The molecule has 0 spiro atoms. The van der Waals surface area contributed by atoms with Gasteiger partial charge in [-0.2, -0.15) is 0 Å². The molecule has 30 heavy (non-hydrogen) atoms. The van der Waals surface area contributed by atoms with Crippen molar-refractivity contribution in [1.82, 2.24) is 15.4 Å². The number of guanidine groups is 1. The largest absolute Gasteiger partial charge is 0.356 e. The summed E-state index contributed by atoms with van der Waals surface area (Å²) in [5, 5.41) is 17.1. The Kier molecular flexibility index (Phi) is 8.31. The molecule has 0 radical (unpaired) electrons. The van der Waals surface area contributed by atoms with Gasteiger partial charge in [0.15, 0.2) is 5.96 Å². The average molecular weight is 434 g/mol. The van der Waals surface area contributed by atoms with Gasteiger partial charge in [-0.15, -0.1) is 0 Å². The molecule has 2 rings (SSSR count). The average Bonchev–Trinajstić information content (AvgIpc) is 2.73. The lowest BCUT2D eigenvalue weighted by Crippen LogP contribution is -2.42. The van der Waals surface area contributed by atoms with Gasteiger partial charge in [-0.1, -0.05) is 42.8 Å². The quantitative estimate of drug-likeness (QED) is 0.183. The van der Waals surface area contributed by atoms with Gasteiger partial charge < -0.3 is 10.6 Å². The van der Waals surface area contributed by atoms with Crippen LogP contribution in [0.2, 0.25) is 0 Å². The standard InChI is InChI=1S/C20H27N5O4S/c1-15-6-4-7-17(12-15)16(2)14-23-20(21-3)22-10-11-24-30(28,29)19-9-5-8-18(13-19)25(26)27/h4-9,12-13,16,24H,10-11,14H2,1-3H3,(H2,21,22,23). The highest BCUT2D eigenvalue weighted by molar-refractivity contribution is 7.89. The molecule has 162 valence electrons. The summed E-state index contributed by atoms with van der Waals surface area (Å²) < 4.78 is 27.0. The summed E-state index contributed by atoms with van der Waals surface area (Å²) in [6, 6.07) is 13.2. The molecule has 2 aromatic rings. The molecule has 0 saturated carbocycles. The third kappa shape index (κ3) is 6.82. The van der Waals surface area contributed by atoms with Gasteiger partial charge in [0.2, 0.25) is 10.0 Å². The molecule has 0 aliphatic rings. The highest BCUT2D eigenvalue weighted by Gasteiger charge is 2.17. The number of nitrogens with zero attached hydrogens (tertiary/aromatic N) is 2. The van der Waals surface area contributed by atoms with Gasteiger partial charge in [0, 0.05) is 38.8 Å². The molecule has 2 aromatic carbocycles. The topological polar surface area (TPSA) is 126 Å². The van der Waals surface area contributed by atoms with Crippen molar-refractivity contribution in [2.45, 2.75) is 24.7 Å². The van der Waals surface area contributed by atoms with Crippen LogP contribution in [0.15, 0.2) is 58.4 Å². The first-order valence-corrected chi connectivity index (χ1v) is 11.0. The second-order valence-corrected chi connectivity index (χ2v) is 8.61. The van der Waals surface area contributed by atoms with E-state index in [2.05, 4.69) is 52.4 Å². The highest BCUT2D eigenvalue weighted by Crippen LogP contribution is 2.17. The van der Waals surface area contributed by atoms with E-state index in [1.165, 1.54) is 29.3 Å². The minimum atomic E-state index is -3.84. The fraction of sp³-hybridized carbons (Fsp3) is 0.350. The third-order valence-corrected chi connectivity index (χ3v) is 5.92. The molecule has 0 aromatic heterocycles. The molecule has 0 saturated heterocycles. The second kappa shape index (κ2) is 10.7. The molecule has 0 fully saturated rings. The van der Waals surface area contributed by atoms with Crippen molar-refractivity contribution in [3.63, 3.8) is 0 Å². The van der Waals surface area contributed by atoms with Crippen LogP contribution in [0.1, 0.15) is 24.0 Å². The van der Waals surface area contributed by atoms with Gasteiger partial charge in [-0.3, -0.25) is 15.1 Å². The first-order chi connectivity index (χ1) is 14.2. The first-order valence-electron chi connectivity index (χ1n) is 9.48. The van der Waals surface area contributed by atoms with Gasteiger partial charge in [0.1, 0.15) is 0 Å². The van der Waals surface area contributed by atoms with Crippen LogP contribution >= 0.6 is 0 Å². The summed E-state index contributed by atoms with van der Waals surface area (Å²) in [6.07, 6.45) is 0. The number of hydrogen-bond acceptors (Lipinski definition) is 5. The van der Waals surface area contributed by atoms with Gasteiger partial charge in [-0.25, -0.2) is 13.1 Å². The minimum absolute atomic E-state index is 0.0964. The Labute approximate surface area is 176 Å². The molecule has 0 bridgehead atoms. The van der Waals surface area contributed by atoms with Crippen LogP contribution in [-0.4, -0.2) is 46.0 Å². The summed E-state index contributed by atoms with van der Waals surface area (Å²) in [7, 11) is -2.20. The molecular weight excluding hydrogens is 406 g/mol. The van der Waals surface area contributed by atoms with E-state index in [0.717, 1.165) is 6.07 Å². The van der Waals surface area contributed by atoms with Crippen molar-refractivity contribution < 1.29 is 13.3 Å². The smallest absolute Gasteiger partial charge is 0.270 e. The lowest BCUT2D eigenvalue weighted by atomic mass is 9.99. The molecule has 0 heterocycles. The minimum Gasteiger partial charge on any atom is -0.356 e. The molecule has 0 aliphatic carbocycles. The molecule has 1 unspecified atom stereocenters. The zero-order valence-corrected chi connectivity index (χ0v) is 18.1.